The molecule has 1 aliphatic rings. The lowest BCUT2D eigenvalue weighted by atomic mass is 10.1. The molecule has 1 aromatic carbocycles. The van der Waals surface area contributed by atoms with E-state index in [9.17, 15) is 9.90 Å². The van der Waals surface area contributed by atoms with Crippen molar-refractivity contribution in [1.82, 2.24) is 4.90 Å². The Kier molecular flexibility index (Phi) is 4.65. The van der Waals surface area contributed by atoms with E-state index < -0.39 is 0 Å². The second kappa shape index (κ2) is 6.27. The SMILES string of the molecule is COc1cc(C(=O)N2CCCC2CC(C)O)ccc1C. The summed E-state index contributed by atoms with van der Waals surface area (Å²) in [6.45, 7) is 4.50. The number of hydrogen-bond donors (Lipinski definition) is 1. The van der Waals surface area contributed by atoms with Crippen molar-refractivity contribution < 1.29 is 14.6 Å². The van der Waals surface area contributed by atoms with Gasteiger partial charge in [0.15, 0.2) is 0 Å². The lowest BCUT2D eigenvalue weighted by Crippen LogP contribution is -2.37. The Morgan fingerprint density at radius 3 is 2.95 bits per heavy atom. The van der Waals surface area contributed by atoms with Crippen LogP contribution in [0.15, 0.2) is 18.2 Å². The van der Waals surface area contributed by atoms with Crippen molar-refractivity contribution in [3.05, 3.63) is 29.3 Å². The number of amides is 1. The van der Waals surface area contributed by atoms with Crippen LogP contribution in [0.5, 0.6) is 5.75 Å². The van der Waals surface area contributed by atoms with Gasteiger partial charge in [-0.3, -0.25) is 4.79 Å². The second-order valence-corrected chi connectivity index (χ2v) is 5.56. The summed E-state index contributed by atoms with van der Waals surface area (Å²) in [6.07, 6.45) is 2.25. The molecule has 0 aromatic heterocycles. The van der Waals surface area contributed by atoms with Gasteiger partial charge in [-0.25, -0.2) is 0 Å². The Morgan fingerprint density at radius 2 is 2.30 bits per heavy atom. The maximum absolute atomic E-state index is 12.6. The highest BCUT2D eigenvalue weighted by Gasteiger charge is 2.30. The second-order valence-electron chi connectivity index (χ2n) is 5.56. The summed E-state index contributed by atoms with van der Waals surface area (Å²) in [6, 6.07) is 5.70. The van der Waals surface area contributed by atoms with Crippen molar-refractivity contribution in [2.24, 2.45) is 0 Å². The zero-order valence-electron chi connectivity index (χ0n) is 12.4. The minimum atomic E-state index is -0.374. The van der Waals surface area contributed by atoms with E-state index in [1.54, 1.807) is 20.1 Å². The van der Waals surface area contributed by atoms with E-state index in [1.165, 1.54) is 0 Å². The first-order valence-electron chi connectivity index (χ1n) is 7.16. The van der Waals surface area contributed by atoms with E-state index in [-0.39, 0.29) is 18.1 Å². The molecule has 1 aliphatic heterocycles. The van der Waals surface area contributed by atoms with Gasteiger partial charge in [0.2, 0.25) is 0 Å². The van der Waals surface area contributed by atoms with Gasteiger partial charge in [-0.2, -0.15) is 0 Å². The lowest BCUT2D eigenvalue weighted by Gasteiger charge is -2.26. The summed E-state index contributed by atoms with van der Waals surface area (Å²) >= 11 is 0. The Labute approximate surface area is 120 Å². The summed E-state index contributed by atoms with van der Waals surface area (Å²) in [5, 5.41) is 9.54. The third-order valence-electron chi connectivity index (χ3n) is 3.91. The topological polar surface area (TPSA) is 49.8 Å². The molecule has 1 aromatic rings. The smallest absolute Gasteiger partial charge is 0.254 e. The van der Waals surface area contributed by atoms with Crippen molar-refractivity contribution in [3.8, 4) is 5.75 Å². The van der Waals surface area contributed by atoms with Gasteiger partial charge >= 0.3 is 0 Å². The van der Waals surface area contributed by atoms with E-state index in [0.717, 1.165) is 30.7 Å². The zero-order valence-corrected chi connectivity index (χ0v) is 12.4. The Balaban J connectivity index is 2.18. The first-order chi connectivity index (χ1) is 9.52. The number of likely N-dealkylation sites (tertiary alicyclic amines) is 1. The van der Waals surface area contributed by atoms with E-state index >= 15 is 0 Å². The van der Waals surface area contributed by atoms with Crippen LogP contribution in [-0.2, 0) is 0 Å². The maximum atomic E-state index is 12.6. The van der Waals surface area contributed by atoms with Gasteiger partial charge in [0.1, 0.15) is 5.75 Å². The fraction of sp³-hybridized carbons (Fsp3) is 0.562. The molecule has 4 heteroatoms. The van der Waals surface area contributed by atoms with Crippen LogP contribution in [0.25, 0.3) is 0 Å². The third kappa shape index (κ3) is 3.12. The Morgan fingerprint density at radius 1 is 1.55 bits per heavy atom. The fourth-order valence-electron chi connectivity index (χ4n) is 2.86. The molecule has 0 bridgehead atoms. The number of nitrogens with zero attached hydrogens (tertiary/aromatic N) is 1. The van der Waals surface area contributed by atoms with Crippen LogP contribution in [-0.4, -0.2) is 41.7 Å². The summed E-state index contributed by atoms with van der Waals surface area (Å²) < 4.78 is 5.28. The normalized spacial score (nSPS) is 20.0. The van der Waals surface area contributed by atoms with E-state index in [4.69, 9.17) is 4.74 Å². The van der Waals surface area contributed by atoms with E-state index in [0.29, 0.717) is 12.0 Å². The number of aliphatic hydroxyl groups is 1. The molecular weight excluding hydrogens is 254 g/mol. The van der Waals surface area contributed by atoms with Crippen molar-refractivity contribution in [1.29, 1.82) is 0 Å². The molecule has 0 aliphatic carbocycles. The van der Waals surface area contributed by atoms with Crippen LogP contribution < -0.4 is 4.74 Å². The van der Waals surface area contributed by atoms with Gasteiger partial charge < -0.3 is 14.7 Å². The number of rotatable bonds is 4. The van der Waals surface area contributed by atoms with Crippen molar-refractivity contribution in [3.63, 3.8) is 0 Å². The number of aliphatic hydroxyl groups excluding tert-OH is 1. The first-order valence-corrected chi connectivity index (χ1v) is 7.16. The number of ether oxygens (including phenoxy) is 1. The number of benzene rings is 1. The Hall–Kier alpha value is -1.55. The summed E-state index contributed by atoms with van der Waals surface area (Å²) in [5.41, 5.74) is 1.68. The third-order valence-corrected chi connectivity index (χ3v) is 3.91. The van der Waals surface area contributed by atoms with Crippen LogP contribution >= 0.6 is 0 Å². The predicted octanol–water partition coefficient (Wildman–Crippen LogP) is 2.38. The van der Waals surface area contributed by atoms with Gasteiger partial charge in [0.25, 0.3) is 5.91 Å². The molecule has 0 radical (unpaired) electrons. The van der Waals surface area contributed by atoms with E-state index in [1.807, 2.05) is 24.0 Å². The van der Waals surface area contributed by atoms with Crippen LogP contribution in [0.3, 0.4) is 0 Å². The van der Waals surface area contributed by atoms with Crippen molar-refractivity contribution >= 4 is 5.91 Å². The number of carbonyl (C=O) groups is 1. The fourth-order valence-corrected chi connectivity index (χ4v) is 2.86. The van der Waals surface area contributed by atoms with Gasteiger partial charge in [0.05, 0.1) is 13.2 Å². The average Bonchev–Trinajstić information content (AvgIpc) is 2.85. The van der Waals surface area contributed by atoms with Gasteiger partial charge in [-0.15, -0.1) is 0 Å². The van der Waals surface area contributed by atoms with Gasteiger partial charge in [-0.1, -0.05) is 6.07 Å². The highest BCUT2D eigenvalue weighted by atomic mass is 16.5. The molecule has 1 N–H and O–H groups in total. The molecule has 1 saturated heterocycles. The van der Waals surface area contributed by atoms with Crippen molar-refractivity contribution in [2.75, 3.05) is 13.7 Å². The number of carbonyl (C=O) groups excluding carboxylic acids is 1. The summed E-state index contributed by atoms with van der Waals surface area (Å²) in [4.78, 5) is 14.5. The van der Waals surface area contributed by atoms with Crippen LogP contribution in [0.1, 0.15) is 42.1 Å². The molecule has 2 atom stereocenters. The molecule has 0 saturated carbocycles. The van der Waals surface area contributed by atoms with Crippen LogP contribution in [0.2, 0.25) is 0 Å². The Bertz CT molecular complexity index is 485. The lowest BCUT2D eigenvalue weighted by molar-refractivity contribution is 0.0681. The summed E-state index contributed by atoms with van der Waals surface area (Å²) in [7, 11) is 1.61. The molecule has 0 spiro atoms. The number of methoxy groups -OCH3 is 1. The molecule has 2 unspecified atom stereocenters. The minimum absolute atomic E-state index is 0.0338. The quantitative estimate of drug-likeness (QED) is 0.919. The molecule has 2 rings (SSSR count). The highest BCUT2D eigenvalue weighted by molar-refractivity contribution is 5.95. The molecule has 110 valence electrons. The molecule has 20 heavy (non-hydrogen) atoms. The summed E-state index contributed by atoms with van der Waals surface area (Å²) in [5.74, 6) is 0.772. The standard InChI is InChI=1S/C16H23NO3/c1-11-6-7-13(10-15(11)20-3)16(19)17-8-4-5-14(17)9-12(2)18/h6-7,10,12,14,18H,4-5,8-9H2,1-3H3. The molecule has 1 fully saturated rings. The highest BCUT2D eigenvalue weighted by Crippen LogP contribution is 2.26. The molecular formula is C16H23NO3. The number of hydrogen-bond acceptors (Lipinski definition) is 3. The first kappa shape index (κ1) is 14.9. The van der Waals surface area contributed by atoms with E-state index in [2.05, 4.69) is 0 Å². The van der Waals surface area contributed by atoms with Gasteiger partial charge in [0, 0.05) is 18.2 Å². The largest absolute Gasteiger partial charge is 0.496 e. The molecule has 4 nitrogen and oxygen atoms in total. The van der Waals surface area contributed by atoms with Crippen molar-refractivity contribution in [2.45, 2.75) is 45.3 Å². The number of aryl methyl sites for hydroxylation is 1. The average molecular weight is 277 g/mol. The maximum Gasteiger partial charge on any atom is 0.254 e. The molecule has 1 heterocycles. The zero-order chi connectivity index (χ0) is 14.7. The molecule has 1 amide bonds. The monoisotopic (exact) mass is 277 g/mol. The minimum Gasteiger partial charge on any atom is -0.496 e. The van der Waals surface area contributed by atoms with Crippen LogP contribution in [0.4, 0.5) is 0 Å². The predicted molar refractivity (Wildman–Crippen MR) is 78.1 cm³/mol. The van der Waals surface area contributed by atoms with Gasteiger partial charge in [-0.05, 0) is 50.8 Å². The van der Waals surface area contributed by atoms with Crippen LogP contribution in [0, 0.1) is 6.92 Å².